The highest BCUT2D eigenvalue weighted by atomic mass is 19.1. The molecule has 0 saturated carbocycles. The van der Waals surface area contributed by atoms with Gasteiger partial charge in [0, 0.05) is 12.6 Å². The molecule has 1 rings (SSSR count). The zero-order valence-corrected chi connectivity index (χ0v) is 7.76. The van der Waals surface area contributed by atoms with E-state index in [0.29, 0.717) is 0 Å². The fraction of sp³-hybridized carbons (Fsp3) is 0.273. The summed E-state index contributed by atoms with van der Waals surface area (Å²) in [6, 6.07) is 6.76. The van der Waals surface area contributed by atoms with Gasteiger partial charge in [0.2, 0.25) is 0 Å². The Hall–Kier alpha value is -1.15. The van der Waals surface area contributed by atoms with Crippen molar-refractivity contribution in [1.82, 2.24) is 5.32 Å². The van der Waals surface area contributed by atoms with Crippen LogP contribution in [0.5, 0.6) is 0 Å². The number of nitrogens with one attached hydrogen (secondary N) is 1. The highest BCUT2D eigenvalue weighted by Crippen LogP contribution is 2.12. The first-order valence-corrected chi connectivity index (χ1v) is 4.34. The molecule has 0 unspecified atom stereocenters. The van der Waals surface area contributed by atoms with E-state index in [4.69, 9.17) is 0 Å². The van der Waals surface area contributed by atoms with Crippen molar-refractivity contribution in [1.29, 1.82) is 0 Å². The van der Waals surface area contributed by atoms with E-state index in [9.17, 15) is 4.39 Å². The number of hydrogen-bond donors (Lipinski definition) is 1. The maximum Gasteiger partial charge on any atom is 0.123 e. The Balaban J connectivity index is 2.60. The van der Waals surface area contributed by atoms with Crippen LogP contribution in [0.25, 0.3) is 0 Å². The third-order valence-electron chi connectivity index (χ3n) is 1.94. The Morgan fingerprint density at radius 1 is 1.46 bits per heavy atom. The molecule has 0 saturated heterocycles. The van der Waals surface area contributed by atoms with Crippen molar-refractivity contribution in [3.05, 3.63) is 48.3 Å². The second kappa shape index (κ2) is 4.77. The van der Waals surface area contributed by atoms with Crippen LogP contribution in [0.1, 0.15) is 18.5 Å². The lowest BCUT2D eigenvalue weighted by molar-refractivity contribution is 0.606. The van der Waals surface area contributed by atoms with E-state index in [-0.39, 0.29) is 11.9 Å². The molecule has 1 aromatic rings. The van der Waals surface area contributed by atoms with Gasteiger partial charge in [0.25, 0.3) is 0 Å². The predicted octanol–water partition coefficient (Wildman–Crippen LogP) is 2.66. The summed E-state index contributed by atoms with van der Waals surface area (Å²) in [6.45, 7) is 6.42. The van der Waals surface area contributed by atoms with Crippen LogP contribution < -0.4 is 5.32 Å². The van der Waals surface area contributed by atoms with Crippen molar-refractivity contribution in [2.45, 2.75) is 13.0 Å². The van der Waals surface area contributed by atoms with Crippen LogP contribution in [0.15, 0.2) is 36.9 Å². The van der Waals surface area contributed by atoms with E-state index in [0.717, 1.165) is 12.1 Å². The smallest absolute Gasteiger partial charge is 0.123 e. The average molecular weight is 179 g/mol. The van der Waals surface area contributed by atoms with Crippen molar-refractivity contribution < 1.29 is 4.39 Å². The second-order valence-corrected chi connectivity index (χ2v) is 2.97. The first-order valence-electron chi connectivity index (χ1n) is 4.34. The molecule has 0 aromatic heterocycles. The largest absolute Gasteiger partial charge is 0.307 e. The zero-order valence-electron chi connectivity index (χ0n) is 7.76. The van der Waals surface area contributed by atoms with E-state index >= 15 is 0 Å². The minimum absolute atomic E-state index is 0.195. The summed E-state index contributed by atoms with van der Waals surface area (Å²) in [5.41, 5.74) is 1.09. The molecule has 1 aromatic carbocycles. The molecule has 2 heteroatoms. The highest BCUT2D eigenvalue weighted by Gasteiger charge is 2.02. The summed E-state index contributed by atoms with van der Waals surface area (Å²) in [5, 5.41) is 3.23. The lowest BCUT2D eigenvalue weighted by atomic mass is 10.1. The zero-order chi connectivity index (χ0) is 9.68. The lowest BCUT2D eigenvalue weighted by Gasteiger charge is -2.12. The van der Waals surface area contributed by atoms with E-state index in [1.807, 2.05) is 6.92 Å². The van der Waals surface area contributed by atoms with Crippen LogP contribution in [-0.4, -0.2) is 6.54 Å². The number of rotatable bonds is 4. The third-order valence-corrected chi connectivity index (χ3v) is 1.94. The molecule has 0 amide bonds. The number of benzene rings is 1. The summed E-state index contributed by atoms with van der Waals surface area (Å²) >= 11 is 0. The van der Waals surface area contributed by atoms with Crippen LogP contribution in [-0.2, 0) is 0 Å². The summed E-state index contributed by atoms with van der Waals surface area (Å²) in [6.07, 6.45) is 1.81. The molecule has 70 valence electrons. The number of halogens is 1. The summed E-state index contributed by atoms with van der Waals surface area (Å²) in [7, 11) is 0. The SMILES string of the molecule is C=CCN[C@H](C)c1ccc(F)cc1. The molecule has 0 radical (unpaired) electrons. The molecule has 0 fully saturated rings. The molecular formula is C11H14FN. The van der Waals surface area contributed by atoms with Crippen molar-refractivity contribution in [3.63, 3.8) is 0 Å². The predicted molar refractivity (Wildman–Crippen MR) is 53.0 cm³/mol. The molecule has 0 spiro atoms. The van der Waals surface area contributed by atoms with Crippen LogP contribution in [0.4, 0.5) is 4.39 Å². The Morgan fingerprint density at radius 2 is 2.08 bits per heavy atom. The lowest BCUT2D eigenvalue weighted by Crippen LogP contribution is -2.18. The molecule has 0 bridgehead atoms. The molecule has 13 heavy (non-hydrogen) atoms. The molecule has 0 aliphatic heterocycles. The van der Waals surface area contributed by atoms with Gasteiger partial charge in [-0.15, -0.1) is 6.58 Å². The van der Waals surface area contributed by atoms with Gasteiger partial charge in [-0.1, -0.05) is 18.2 Å². The minimum atomic E-state index is -0.195. The highest BCUT2D eigenvalue weighted by molar-refractivity contribution is 5.19. The Kier molecular flexibility index (Phi) is 3.65. The van der Waals surface area contributed by atoms with Gasteiger partial charge < -0.3 is 5.32 Å². The molecule has 1 nitrogen and oxygen atoms in total. The molecule has 0 aliphatic rings. The van der Waals surface area contributed by atoms with Crippen LogP contribution in [0, 0.1) is 5.82 Å². The van der Waals surface area contributed by atoms with Crippen LogP contribution in [0.2, 0.25) is 0 Å². The van der Waals surface area contributed by atoms with Crippen molar-refractivity contribution in [3.8, 4) is 0 Å². The summed E-state index contributed by atoms with van der Waals surface area (Å²) in [5.74, 6) is -0.195. The Labute approximate surface area is 78.3 Å². The Morgan fingerprint density at radius 3 is 2.62 bits per heavy atom. The monoisotopic (exact) mass is 179 g/mol. The Bertz CT molecular complexity index is 266. The molecule has 1 atom stereocenters. The molecular weight excluding hydrogens is 165 g/mol. The second-order valence-electron chi connectivity index (χ2n) is 2.97. The standard InChI is InChI=1S/C11H14FN/c1-3-8-13-9(2)10-4-6-11(12)7-5-10/h3-7,9,13H,1,8H2,2H3/t9-/m1/s1. The molecule has 1 N–H and O–H groups in total. The van der Waals surface area contributed by atoms with Crippen LogP contribution in [0.3, 0.4) is 0 Å². The number of hydrogen-bond acceptors (Lipinski definition) is 1. The normalized spacial score (nSPS) is 12.5. The quantitative estimate of drug-likeness (QED) is 0.701. The van der Waals surface area contributed by atoms with Gasteiger partial charge >= 0.3 is 0 Å². The van der Waals surface area contributed by atoms with E-state index in [1.54, 1.807) is 18.2 Å². The fourth-order valence-corrected chi connectivity index (χ4v) is 1.13. The van der Waals surface area contributed by atoms with Gasteiger partial charge in [-0.3, -0.25) is 0 Å². The van der Waals surface area contributed by atoms with Gasteiger partial charge in [0.05, 0.1) is 0 Å². The fourth-order valence-electron chi connectivity index (χ4n) is 1.13. The van der Waals surface area contributed by atoms with Crippen molar-refractivity contribution in [2.24, 2.45) is 0 Å². The van der Waals surface area contributed by atoms with Crippen LogP contribution >= 0.6 is 0 Å². The van der Waals surface area contributed by atoms with Gasteiger partial charge in [0.15, 0.2) is 0 Å². The van der Waals surface area contributed by atoms with Crippen molar-refractivity contribution >= 4 is 0 Å². The molecule has 0 heterocycles. The van der Waals surface area contributed by atoms with Gasteiger partial charge in [-0.2, -0.15) is 0 Å². The minimum Gasteiger partial charge on any atom is -0.307 e. The van der Waals surface area contributed by atoms with Gasteiger partial charge in [-0.25, -0.2) is 4.39 Å². The molecule has 0 aliphatic carbocycles. The summed E-state index contributed by atoms with van der Waals surface area (Å²) in [4.78, 5) is 0. The van der Waals surface area contributed by atoms with E-state index in [1.165, 1.54) is 12.1 Å². The first kappa shape index (κ1) is 9.93. The first-order chi connectivity index (χ1) is 6.24. The third kappa shape index (κ3) is 2.99. The maximum atomic E-state index is 12.6. The van der Waals surface area contributed by atoms with E-state index < -0.39 is 0 Å². The van der Waals surface area contributed by atoms with Gasteiger partial charge in [0.1, 0.15) is 5.82 Å². The summed E-state index contributed by atoms with van der Waals surface area (Å²) < 4.78 is 12.6. The van der Waals surface area contributed by atoms with Gasteiger partial charge in [-0.05, 0) is 24.6 Å². The average Bonchev–Trinajstić information content (AvgIpc) is 2.15. The maximum absolute atomic E-state index is 12.6. The van der Waals surface area contributed by atoms with E-state index in [2.05, 4.69) is 11.9 Å². The topological polar surface area (TPSA) is 12.0 Å². The van der Waals surface area contributed by atoms with Crippen molar-refractivity contribution in [2.75, 3.05) is 6.54 Å².